The highest BCUT2D eigenvalue weighted by Gasteiger charge is 2.43. The van der Waals surface area contributed by atoms with E-state index in [1.165, 1.54) is 11.0 Å². The van der Waals surface area contributed by atoms with Crippen LogP contribution in [0.5, 0.6) is 0 Å². The SMILES string of the molecule is O=C(/C=C/c1ccccc1)C1=C(O)C(=O)N(c2ccccc2)[C@@H]1c1ccccc1. The van der Waals surface area contributed by atoms with E-state index < -0.39 is 23.5 Å². The first-order valence-corrected chi connectivity index (χ1v) is 9.31. The fraction of sp³-hybridized carbons (Fsp3) is 0.0400. The molecule has 3 aromatic carbocycles. The number of carbonyl (C=O) groups excluding carboxylic acids is 2. The van der Waals surface area contributed by atoms with Crippen LogP contribution in [0.25, 0.3) is 6.08 Å². The van der Waals surface area contributed by atoms with Gasteiger partial charge in [-0.05, 0) is 29.3 Å². The van der Waals surface area contributed by atoms with Crippen LogP contribution in [-0.2, 0) is 9.59 Å². The monoisotopic (exact) mass is 381 g/mol. The maximum atomic E-state index is 13.1. The molecule has 0 aliphatic carbocycles. The van der Waals surface area contributed by atoms with Crippen LogP contribution in [0, 0.1) is 0 Å². The fourth-order valence-corrected chi connectivity index (χ4v) is 3.49. The van der Waals surface area contributed by atoms with E-state index in [-0.39, 0.29) is 5.57 Å². The van der Waals surface area contributed by atoms with Gasteiger partial charge in [-0.25, -0.2) is 0 Å². The van der Waals surface area contributed by atoms with Crippen molar-refractivity contribution in [3.05, 3.63) is 120 Å². The molecule has 4 nitrogen and oxygen atoms in total. The number of aliphatic hydroxyl groups is 1. The van der Waals surface area contributed by atoms with E-state index in [4.69, 9.17) is 0 Å². The molecular formula is C25H19NO3. The molecule has 1 N–H and O–H groups in total. The van der Waals surface area contributed by atoms with Crippen LogP contribution in [-0.4, -0.2) is 16.8 Å². The number of aliphatic hydroxyl groups excluding tert-OH is 1. The lowest BCUT2D eigenvalue weighted by molar-refractivity contribution is -0.117. The topological polar surface area (TPSA) is 57.6 Å². The lowest BCUT2D eigenvalue weighted by Gasteiger charge is -2.26. The summed E-state index contributed by atoms with van der Waals surface area (Å²) in [5.74, 6) is -1.49. The zero-order chi connectivity index (χ0) is 20.2. The second-order valence-electron chi connectivity index (χ2n) is 6.69. The quantitative estimate of drug-likeness (QED) is 0.642. The molecule has 0 aromatic heterocycles. The van der Waals surface area contributed by atoms with Gasteiger partial charge in [-0.1, -0.05) is 84.9 Å². The highest BCUT2D eigenvalue weighted by atomic mass is 16.3. The Morgan fingerprint density at radius 2 is 1.38 bits per heavy atom. The summed E-state index contributed by atoms with van der Waals surface area (Å²) in [5, 5.41) is 10.6. The third-order valence-electron chi connectivity index (χ3n) is 4.85. The summed E-state index contributed by atoms with van der Waals surface area (Å²) < 4.78 is 0. The predicted molar refractivity (Wildman–Crippen MR) is 113 cm³/mol. The van der Waals surface area contributed by atoms with Gasteiger partial charge in [0.15, 0.2) is 11.5 Å². The Bertz CT molecular complexity index is 1090. The smallest absolute Gasteiger partial charge is 0.294 e. The lowest BCUT2D eigenvalue weighted by atomic mass is 9.95. The average Bonchev–Trinajstić information content (AvgIpc) is 3.05. The van der Waals surface area contributed by atoms with Gasteiger partial charge in [0, 0.05) is 5.69 Å². The molecule has 3 aromatic rings. The molecule has 0 bridgehead atoms. The van der Waals surface area contributed by atoms with E-state index in [2.05, 4.69) is 0 Å². The van der Waals surface area contributed by atoms with Crippen molar-refractivity contribution >= 4 is 23.5 Å². The lowest BCUT2D eigenvalue weighted by Crippen LogP contribution is -2.30. The number of hydrogen-bond acceptors (Lipinski definition) is 3. The molecule has 1 heterocycles. The first kappa shape index (κ1) is 18.4. The molecule has 0 fully saturated rings. The Hall–Kier alpha value is -3.92. The summed E-state index contributed by atoms with van der Waals surface area (Å²) in [4.78, 5) is 27.4. The van der Waals surface area contributed by atoms with E-state index in [0.29, 0.717) is 5.69 Å². The first-order valence-electron chi connectivity index (χ1n) is 9.31. The third kappa shape index (κ3) is 3.60. The average molecular weight is 381 g/mol. The van der Waals surface area contributed by atoms with Gasteiger partial charge in [0.25, 0.3) is 5.91 Å². The number of amides is 1. The normalized spacial score (nSPS) is 16.6. The largest absolute Gasteiger partial charge is 0.503 e. The van der Waals surface area contributed by atoms with E-state index in [9.17, 15) is 14.7 Å². The Balaban J connectivity index is 1.77. The van der Waals surface area contributed by atoms with Crippen LogP contribution in [0.1, 0.15) is 17.2 Å². The van der Waals surface area contributed by atoms with Gasteiger partial charge in [-0.3, -0.25) is 14.5 Å². The highest BCUT2D eigenvalue weighted by molar-refractivity contribution is 6.19. The van der Waals surface area contributed by atoms with Crippen LogP contribution in [0.2, 0.25) is 0 Å². The Morgan fingerprint density at radius 3 is 2.00 bits per heavy atom. The standard InChI is InChI=1S/C25H19NO3/c27-21(17-16-18-10-4-1-5-11-18)22-23(19-12-6-2-7-13-19)26(25(29)24(22)28)20-14-8-3-9-15-20/h1-17,23,28H/b17-16+/t23-/m1/s1. The molecule has 0 saturated heterocycles. The van der Waals surface area contributed by atoms with Crippen molar-refractivity contribution in [1.29, 1.82) is 0 Å². The van der Waals surface area contributed by atoms with Gasteiger partial charge in [0.1, 0.15) is 0 Å². The summed E-state index contributed by atoms with van der Waals surface area (Å²) in [5.41, 5.74) is 2.32. The maximum Gasteiger partial charge on any atom is 0.294 e. The number of anilines is 1. The van der Waals surface area contributed by atoms with Crippen LogP contribution in [0.4, 0.5) is 5.69 Å². The number of hydrogen-bond donors (Lipinski definition) is 1. The second-order valence-corrected chi connectivity index (χ2v) is 6.69. The van der Waals surface area contributed by atoms with Gasteiger partial charge in [0.2, 0.25) is 0 Å². The van der Waals surface area contributed by atoms with Gasteiger partial charge in [-0.15, -0.1) is 0 Å². The van der Waals surface area contributed by atoms with Gasteiger partial charge in [0.05, 0.1) is 11.6 Å². The molecule has 1 aliphatic rings. The minimum atomic E-state index is -0.695. The van der Waals surface area contributed by atoms with Gasteiger partial charge >= 0.3 is 0 Å². The number of carbonyl (C=O) groups is 2. The summed E-state index contributed by atoms with van der Waals surface area (Å²) >= 11 is 0. The molecular weight excluding hydrogens is 362 g/mol. The zero-order valence-corrected chi connectivity index (χ0v) is 15.6. The predicted octanol–water partition coefficient (Wildman–Crippen LogP) is 4.87. The molecule has 4 rings (SSSR count). The zero-order valence-electron chi connectivity index (χ0n) is 15.6. The molecule has 29 heavy (non-hydrogen) atoms. The Morgan fingerprint density at radius 1 is 0.828 bits per heavy atom. The van der Waals surface area contributed by atoms with Crippen LogP contribution < -0.4 is 4.90 Å². The first-order chi connectivity index (χ1) is 14.2. The molecule has 0 unspecified atom stereocenters. The van der Waals surface area contributed by atoms with Crippen LogP contribution >= 0.6 is 0 Å². The van der Waals surface area contributed by atoms with Gasteiger partial charge in [-0.2, -0.15) is 0 Å². The molecule has 0 spiro atoms. The number of para-hydroxylation sites is 1. The van der Waals surface area contributed by atoms with Crippen molar-refractivity contribution < 1.29 is 14.7 Å². The van der Waals surface area contributed by atoms with Crippen molar-refractivity contribution in [3.8, 4) is 0 Å². The van der Waals surface area contributed by atoms with E-state index in [1.807, 2.05) is 78.9 Å². The Kier molecular flexibility index (Phi) is 5.08. The second kappa shape index (κ2) is 7.98. The molecule has 0 radical (unpaired) electrons. The molecule has 142 valence electrons. The van der Waals surface area contributed by atoms with Crippen LogP contribution in [0.15, 0.2) is 108 Å². The Labute approximate surface area is 169 Å². The molecule has 1 atom stereocenters. The summed E-state index contributed by atoms with van der Waals surface area (Å²) in [6.45, 7) is 0. The number of allylic oxidation sites excluding steroid dienone is 1. The number of ketones is 1. The van der Waals surface area contributed by atoms with Crippen molar-refractivity contribution in [3.63, 3.8) is 0 Å². The number of benzene rings is 3. The molecule has 1 aliphatic heterocycles. The highest BCUT2D eigenvalue weighted by Crippen LogP contribution is 2.40. The van der Waals surface area contributed by atoms with E-state index in [0.717, 1.165) is 11.1 Å². The molecule has 1 amide bonds. The van der Waals surface area contributed by atoms with E-state index in [1.54, 1.807) is 18.2 Å². The van der Waals surface area contributed by atoms with Crippen molar-refractivity contribution in [2.24, 2.45) is 0 Å². The van der Waals surface area contributed by atoms with Gasteiger partial charge < -0.3 is 5.11 Å². The summed E-state index contributed by atoms with van der Waals surface area (Å²) in [6, 6.07) is 27.0. The minimum Gasteiger partial charge on any atom is -0.503 e. The molecule has 4 heteroatoms. The summed E-state index contributed by atoms with van der Waals surface area (Å²) in [7, 11) is 0. The van der Waals surface area contributed by atoms with Crippen LogP contribution in [0.3, 0.4) is 0 Å². The van der Waals surface area contributed by atoms with Crippen molar-refractivity contribution in [2.75, 3.05) is 4.90 Å². The fourth-order valence-electron chi connectivity index (χ4n) is 3.49. The van der Waals surface area contributed by atoms with Crippen molar-refractivity contribution in [1.82, 2.24) is 0 Å². The van der Waals surface area contributed by atoms with E-state index >= 15 is 0 Å². The minimum absolute atomic E-state index is 0.0808. The summed E-state index contributed by atoms with van der Waals surface area (Å²) in [6.07, 6.45) is 3.08. The number of nitrogens with zero attached hydrogens (tertiary/aromatic N) is 1. The number of rotatable bonds is 5. The maximum absolute atomic E-state index is 13.1. The third-order valence-corrected chi connectivity index (χ3v) is 4.85. The molecule has 0 saturated carbocycles. The van der Waals surface area contributed by atoms with Crippen molar-refractivity contribution in [2.45, 2.75) is 6.04 Å².